The molecule has 0 spiro atoms. The molecule has 3 rings (SSSR count). The van der Waals surface area contributed by atoms with Gasteiger partial charge in [0, 0.05) is 6.42 Å². The molecule has 408 valence electrons. The first-order chi connectivity index (χ1) is 34.3. The van der Waals surface area contributed by atoms with Gasteiger partial charge in [0.05, 0.1) is 38.6 Å². The molecule has 0 radical (unpaired) electrons. The van der Waals surface area contributed by atoms with Gasteiger partial charge in [0.15, 0.2) is 18.9 Å². The van der Waals surface area contributed by atoms with E-state index in [1.807, 2.05) is 6.08 Å². The van der Waals surface area contributed by atoms with Gasteiger partial charge in [-0.1, -0.05) is 112 Å². The fourth-order valence-corrected chi connectivity index (χ4v) is 8.19. The van der Waals surface area contributed by atoms with Crippen LogP contribution in [0.1, 0.15) is 117 Å². The molecule has 3 heterocycles. The van der Waals surface area contributed by atoms with E-state index in [4.69, 9.17) is 28.4 Å². The molecule has 3 fully saturated rings. The highest BCUT2D eigenvalue weighted by Gasteiger charge is 2.53. The standard InChI is InChI=1S/C52H87NO18/c1-3-5-7-9-11-13-15-16-17-18-20-22-24-26-28-30-40(58)53-35(36(57)29-27-25-23-21-19-14-12-10-8-6-4-2)34-66-50-46(64)43(61)48(38(32-55)68-50)71-52-47(65)44(62)49(39(33-56)69-52)70-51-45(63)42(60)41(59)37(31-54)67-51/h5,7,11,13,16-17,19-22,27,29,35-39,41-52,54-57,59-65H,3-4,6,8-10,12,14-15,18,23-26,28,30-34H2,1-2H3,(H,53,58)/b7-5-,13-11-,17-16-,21-19+,22-20-,29-27+. The molecule has 0 aromatic rings. The molecule has 17 unspecified atom stereocenters. The molecule has 19 heteroatoms. The van der Waals surface area contributed by atoms with Crippen LogP contribution < -0.4 is 5.32 Å². The molecule has 17 atom stereocenters. The van der Waals surface area contributed by atoms with Crippen molar-refractivity contribution in [3.63, 3.8) is 0 Å². The lowest BCUT2D eigenvalue weighted by Crippen LogP contribution is -2.66. The quantitative estimate of drug-likeness (QED) is 0.0324. The predicted molar refractivity (Wildman–Crippen MR) is 263 cm³/mol. The number of allylic oxidation sites excluding steroid dienone is 11. The van der Waals surface area contributed by atoms with Gasteiger partial charge < -0.3 is 89.9 Å². The second kappa shape index (κ2) is 36.2. The average molecular weight is 1010 g/mol. The van der Waals surface area contributed by atoms with Gasteiger partial charge in [-0.15, -0.1) is 0 Å². The van der Waals surface area contributed by atoms with Crippen LogP contribution in [0.5, 0.6) is 0 Å². The van der Waals surface area contributed by atoms with Crippen molar-refractivity contribution >= 4 is 5.91 Å². The lowest BCUT2D eigenvalue weighted by atomic mass is 9.96. The van der Waals surface area contributed by atoms with Gasteiger partial charge in [0.1, 0.15) is 73.2 Å². The second-order valence-corrected chi connectivity index (χ2v) is 18.2. The van der Waals surface area contributed by atoms with Crippen molar-refractivity contribution in [3.8, 4) is 0 Å². The fraction of sp³-hybridized carbons (Fsp3) is 0.750. The molecule has 71 heavy (non-hydrogen) atoms. The van der Waals surface area contributed by atoms with E-state index in [1.165, 1.54) is 25.7 Å². The van der Waals surface area contributed by atoms with Crippen molar-refractivity contribution in [2.45, 2.75) is 221 Å². The summed E-state index contributed by atoms with van der Waals surface area (Å²) < 4.78 is 34.0. The molecule has 3 aliphatic heterocycles. The van der Waals surface area contributed by atoms with Gasteiger partial charge in [-0.25, -0.2) is 0 Å². The van der Waals surface area contributed by atoms with Gasteiger partial charge in [-0.2, -0.15) is 0 Å². The van der Waals surface area contributed by atoms with Gasteiger partial charge in [-0.3, -0.25) is 4.79 Å². The Bertz CT molecular complexity index is 1590. The Kier molecular flexibility index (Phi) is 31.9. The molecule has 1 amide bonds. The van der Waals surface area contributed by atoms with E-state index in [2.05, 4.69) is 79.9 Å². The summed E-state index contributed by atoms with van der Waals surface area (Å²) in [5.41, 5.74) is 0. The van der Waals surface area contributed by atoms with Crippen molar-refractivity contribution in [1.29, 1.82) is 0 Å². The number of nitrogens with one attached hydrogen (secondary N) is 1. The Morgan fingerprint density at radius 1 is 0.521 bits per heavy atom. The zero-order valence-electron chi connectivity index (χ0n) is 41.7. The summed E-state index contributed by atoms with van der Waals surface area (Å²) in [4.78, 5) is 13.2. The monoisotopic (exact) mass is 1010 g/mol. The summed E-state index contributed by atoms with van der Waals surface area (Å²) >= 11 is 0. The van der Waals surface area contributed by atoms with Crippen LogP contribution in [0, 0.1) is 0 Å². The third kappa shape index (κ3) is 21.9. The highest BCUT2D eigenvalue weighted by Crippen LogP contribution is 2.33. The number of hydrogen-bond acceptors (Lipinski definition) is 18. The number of aliphatic hydroxyl groups excluding tert-OH is 11. The van der Waals surface area contributed by atoms with Crippen LogP contribution in [0.15, 0.2) is 72.9 Å². The van der Waals surface area contributed by atoms with E-state index in [9.17, 15) is 61.0 Å². The van der Waals surface area contributed by atoms with E-state index in [-0.39, 0.29) is 18.9 Å². The highest BCUT2D eigenvalue weighted by atomic mass is 16.8. The summed E-state index contributed by atoms with van der Waals surface area (Å²) in [6.45, 7) is 1.46. The summed E-state index contributed by atoms with van der Waals surface area (Å²) in [6, 6.07) is -1.01. The zero-order valence-corrected chi connectivity index (χ0v) is 41.7. The number of rotatable bonds is 34. The topological polar surface area (TPSA) is 307 Å². The first-order valence-electron chi connectivity index (χ1n) is 25.7. The normalized spacial score (nSPS) is 32.9. The summed E-state index contributed by atoms with van der Waals surface area (Å²) in [5.74, 6) is -0.333. The highest BCUT2D eigenvalue weighted by molar-refractivity contribution is 5.76. The van der Waals surface area contributed by atoms with Crippen LogP contribution in [0.3, 0.4) is 0 Å². The third-order valence-corrected chi connectivity index (χ3v) is 12.5. The van der Waals surface area contributed by atoms with Crippen molar-refractivity contribution in [3.05, 3.63) is 72.9 Å². The molecule has 0 bridgehead atoms. The minimum absolute atomic E-state index is 0.179. The number of carbonyl (C=O) groups excluding carboxylic acids is 1. The summed E-state index contributed by atoms with van der Waals surface area (Å²) in [7, 11) is 0. The molecule has 0 aromatic heterocycles. The maximum atomic E-state index is 13.2. The number of carbonyl (C=O) groups is 1. The third-order valence-electron chi connectivity index (χ3n) is 12.5. The number of amides is 1. The van der Waals surface area contributed by atoms with E-state index < -0.39 is 124 Å². The van der Waals surface area contributed by atoms with Crippen molar-refractivity contribution < 1.29 is 89.4 Å². The maximum absolute atomic E-state index is 13.2. The van der Waals surface area contributed by atoms with Gasteiger partial charge in [0.2, 0.25) is 5.91 Å². The Morgan fingerprint density at radius 3 is 1.56 bits per heavy atom. The number of unbranched alkanes of at least 4 members (excludes halogenated alkanes) is 8. The smallest absolute Gasteiger partial charge is 0.220 e. The maximum Gasteiger partial charge on any atom is 0.220 e. The van der Waals surface area contributed by atoms with Crippen LogP contribution >= 0.6 is 0 Å². The molecule has 19 nitrogen and oxygen atoms in total. The molecule has 0 aliphatic carbocycles. The Balaban J connectivity index is 1.59. The molecule has 12 N–H and O–H groups in total. The molecule has 0 aromatic carbocycles. The van der Waals surface area contributed by atoms with E-state index in [1.54, 1.807) is 6.08 Å². The SMILES string of the molecule is CC/C=C\C/C=C\C/C=C\C/C=C\CCCCC(=O)NC(COC1OC(CO)C(OC2OC(CO)C(OC3OC(CO)C(O)C(O)C3O)C(O)C2O)C(O)C1O)C(O)/C=C/CC/C=C/CCCCCCC. The largest absolute Gasteiger partial charge is 0.394 e. The predicted octanol–water partition coefficient (Wildman–Crippen LogP) is 1.92. The Labute approximate surface area is 419 Å². The summed E-state index contributed by atoms with van der Waals surface area (Å²) in [5, 5.41) is 119. The molecule has 3 saturated heterocycles. The Hall–Kier alpha value is -2.77. The molecule has 0 saturated carbocycles. The van der Waals surface area contributed by atoms with Crippen LogP contribution in [0.4, 0.5) is 0 Å². The van der Waals surface area contributed by atoms with Crippen molar-refractivity contribution in [2.24, 2.45) is 0 Å². The fourth-order valence-electron chi connectivity index (χ4n) is 8.19. The van der Waals surface area contributed by atoms with E-state index in [0.29, 0.717) is 12.8 Å². The van der Waals surface area contributed by atoms with E-state index in [0.717, 1.165) is 57.8 Å². The van der Waals surface area contributed by atoms with Gasteiger partial charge in [0.25, 0.3) is 0 Å². The first-order valence-corrected chi connectivity index (χ1v) is 25.7. The van der Waals surface area contributed by atoms with Gasteiger partial charge in [-0.05, 0) is 70.6 Å². The lowest BCUT2D eigenvalue weighted by Gasteiger charge is -2.48. The molecular formula is C52H87NO18. The van der Waals surface area contributed by atoms with Crippen molar-refractivity contribution in [2.75, 3.05) is 26.4 Å². The molecule has 3 aliphatic rings. The van der Waals surface area contributed by atoms with Crippen LogP contribution in [0.2, 0.25) is 0 Å². The Morgan fingerprint density at radius 2 is 0.986 bits per heavy atom. The summed E-state index contributed by atoms with van der Waals surface area (Å²) in [6.07, 6.45) is 12.0. The van der Waals surface area contributed by atoms with Crippen LogP contribution in [-0.4, -0.2) is 193 Å². The number of aliphatic hydroxyl groups is 11. The van der Waals surface area contributed by atoms with Crippen LogP contribution in [-0.2, 0) is 33.2 Å². The lowest BCUT2D eigenvalue weighted by molar-refractivity contribution is -0.379. The average Bonchev–Trinajstić information content (AvgIpc) is 3.36. The van der Waals surface area contributed by atoms with Crippen molar-refractivity contribution in [1.82, 2.24) is 5.32 Å². The van der Waals surface area contributed by atoms with Crippen LogP contribution in [0.25, 0.3) is 0 Å². The van der Waals surface area contributed by atoms with Gasteiger partial charge >= 0.3 is 0 Å². The zero-order chi connectivity index (χ0) is 52.0. The van der Waals surface area contributed by atoms with E-state index >= 15 is 0 Å². The minimum Gasteiger partial charge on any atom is -0.394 e. The number of ether oxygens (including phenoxy) is 6. The number of hydrogen-bond donors (Lipinski definition) is 12. The first kappa shape index (κ1) is 62.5. The molecular weight excluding hydrogens is 927 g/mol. The minimum atomic E-state index is -1.99. The second-order valence-electron chi connectivity index (χ2n) is 18.2.